The number of hydrogen-bond acceptors (Lipinski definition) is 3. The van der Waals surface area contributed by atoms with Gasteiger partial charge in [-0.05, 0) is 41.1 Å². The van der Waals surface area contributed by atoms with Crippen molar-refractivity contribution in [2.45, 2.75) is 0 Å². The molecule has 0 aliphatic rings. The maximum absolute atomic E-state index is 4.18. The summed E-state index contributed by atoms with van der Waals surface area (Å²) < 4.78 is 0. The molecule has 0 radical (unpaired) electrons. The molecule has 0 spiro atoms. The second-order valence-electron chi connectivity index (χ2n) is 6.62. The number of hydrogen-bond donors (Lipinski definition) is 0. The lowest BCUT2D eigenvalue weighted by atomic mass is 10.2. The minimum atomic E-state index is 1.06. The van der Waals surface area contributed by atoms with Crippen molar-refractivity contribution in [1.29, 1.82) is 0 Å². The fraction of sp³-hybridized carbons (Fsp3) is 0. The highest BCUT2D eigenvalue weighted by molar-refractivity contribution is 5.81. The van der Waals surface area contributed by atoms with E-state index in [4.69, 9.17) is 0 Å². The van der Waals surface area contributed by atoms with Crippen molar-refractivity contribution in [3.05, 3.63) is 128 Å². The molecule has 0 amide bonds. The predicted molar refractivity (Wildman–Crippen MR) is 125 cm³/mol. The second kappa shape index (κ2) is 9.89. The van der Waals surface area contributed by atoms with Crippen molar-refractivity contribution in [3.63, 3.8) is 0 Å². The van der Waals surface area contributed by atoms with E-state index in [0.717, 1.165) is 11.0 Å². The van der Waals surface area contributed by atoms with E-state index in [1.807, 2.05) is 91.5 Å². The summed E-state index contributed by atoms with van der Waals surface area (Å²) in [5.41, 5.74) is 2.12. The van der Waals surface area contributed by atoms with E-state index in [2.05, 4.69) is 51.4 Å². The summed E-state index contributed by atoms with van der Waals surface area (Å²) in [5, 5.41) is 4.84. The minimum absolute atomic E-state index is 1.06. The Morgan fingerprint density at radius 1 is 0.367 bits per heavy atom. The maximum atomic E-state index is 4.18. The van der Waals surface area contributed by atoms with Crippen LogP contribution in [0.1, 0.15) is 0 Å². The first kappa shape index (κ1) is 19.2. The molecule has 0 saturated carbocycles. The van der Waals surface area contributed by atoms with Crippen LogP contribution in [0, 0.1) is 0 Å². The highest BCUT2D eigenvalue weighted by Crippen LogP contribution is 2.10. The third-order valence-electron chi connectivity index (χ3n) is 4.57. The molecule has 6 aromatic rings. The molecule has 0 saturated heterocycles. The van der Waals surface area contributed by atoms with Crippen LogP contribution < -0.4 is 0 Å². The molecule has 3 heterocycles. The Balaban J connectivity index is 0.000000109. The van der Waals surface area contributed by atoms with Gasteiger partial charge < -0.3 is 0 Å². The molecule has 0 atom stereocenters. The van der Waals surface area contributed by atoms with E-state index >= 15 is 0 Å². The van der Waals surface area contributed by atoms with Gasteiger partial charge in [0.2, 0.25) is 0 Å². The van der Waals surface area contributed by atoms with Crippen molar-refractivity contribution in [2.75, 3.05) is 0 Å². The van der Waals surface area contributed by atoms with E-state index < -0.39 is 0 Å². The van der Waals surface area contributed by atoms with Gasteiger partial charge in [-0.2, -0.15) is 0 Å². The monoisotopic (exact) mass is 387 g/mol. The summed E-state index contributed by atoms with van der Waals surface area (Å²) >= 11 is 0. The third-order valence-corrected chi connectivity index (χ3v) is 4.57. The van der Waals surface area contributed by atoms with Crippen molar-refractivity contribution >= 4 is 32.6 Å². The van der Waals surface area contributed by atoms with E-state index in [-0.39, 0.29) is 0 Å². The SMILES string of the molecule is c1ccc2cnccc2c1.c1ccc2ncccc2c1.c1ccc2ncccc2c1. The molecule has 0 fully saturated rings. The number of para-hydroxylation sites is 2. The van der Waals surface area contributed by atoms with Gasteiger partial charge in [0.05, 0.1) is 11.0 Å². The van der Waals surface area contributed by atoms with Gasteiger partial charge in [0.15, 0.2) is 0 Å². The van der Waals surface area contributed by atoms with Crippen LogP contribution >= 0.6 is 0 Å². The topological polar surface area (TPSA) is 38.7 Å². The Kier molecular flexibility index (Phi) is 6.34. The first-order valence-electron chi connectivity index (χ1n) is 9.78. The number of benzene rings is 3. The summed E-state index contributed by atoms with van der Waals surface area (Å²) in [6.45, 7) is 0. The van der Waals surface area contributed by atoms with Crippen LogP contribution in [0.15, 0.2) is 128 Å². The Morgan fingerprint density at radius 2 is 0.833 bits per heavy atom. The van der Waals surface area contributed by atoms with Gasteiger partial charge in [0.25, 0.3) is 0 Å². The molecule has 0 aliphatic carbocycles. The van der Waals surface area contributed by atoms with Crippen LogP contribution in [0.2, 0.25) is 0 Å². The molecule has 0 bridgehead atoms. The van der Waals surface area contributed by atoms with Crippen molar-refractivity contribution in [1.82, 2.24) is 15.0 Å². The van der Waals surface area contributed by atoms with Crippen LogP contribution in [-0.4, -0.2) is 15.0 Å². The molecule has 30 heavy (non-hydrogen) atoms. The molecule has 3 nitrogen and oxygen atoms in total. The largest absolute Gasteiger partial charge is 0.264 e. The number of aromatic nitrogens is 3. The van der Waals surface area contributed by atoms with Gasteiger partial charge in [-0.25, -0.2) is 0 Å². The number of nitrogens with zero attached hydrogens (tertiary/aromatic N) is 3. The molecule has 3 aromatic heterocycles. The van der Waals surface area contributed by atoms with Crippen LogP contribution in [-0.2, 0) is 0 Å². The quantitative estimate of drug-likeness (QED) is 0.291. The number of rotatable bonds is 0. The Labute approximate surface area is 175 Å². The van der Waals surface area contributed by atoms with Gasteiger partial charge in [-0.3, -0.25) is 15.0 Å². The Hall–Kier alpha value is -4.11. The predicted octanol–water partition coefficient (Wildman–Crippen LogP) is 6.70. The highest BCUT2D eigenvalue weighted by Gasteiger charge is 1.88. The van der Waals surface area contributed by atoms with E-state index in [0.29, 0.717) is 0 Å². The lowest BCUT2D eigenvalue weighted by molar-refractivity contribution is 1.36. The molecule has 3 aromatic carbocycles. The van der Waals surface area contributed by atoms with E-state index in [1.54, 1.807) is 0 Å². The second-order valence-corrected chi connectivity index (χ2v) is 6.62. The average molecular weight is 387 g/mol. The Bertz CT molecular complexity index is 997. The number of fused-ring (bicyclic) bond motifs is 3. The maximum Gasteiger partial charge on any atom is 0.0701 e. The Morgan fingerprint density at radius 3 is 1.37 bits per heavy atom. The molecule has 144 valence electrons. The molecular formula is C27H21N3. The van der Waals surface area contributed by atoms with Crippen molar-refractivity contribution < 1.29 is 0 Å². The van der Waals surface area contributed by atoms with Gasteiger partial charge in [-0.1, -0.05) is 72.8 Å². The first-order chi connectivity index (χ1) is 14.9. The van der Waals surface area contributed by atoms with Gasteiger partial charge in [-0.15, -0.1) is 0 Å². The highest BCUT2D eigenvalue weighted by atomic mass is 14.6. The lowest BCUT2D eigenvalue weighted by Crippen LogP contribution is -1.73. The molecule has 6 rings (SSSR count). The van der Waals surface area contributed by atoms with Gasteiger partial charge >= 0.3 is 0 Å². The molecule has 3 heteroatoms. The normalized spacial score (nSPS) is 10.0. The number of pyridine rings is 3. The lowest BCUT2D eigenvalue weighted by Gasteiger charge is -1.91. The molecule has 0 N–H and O–H groups in total. The zero-order valence-electron chi connectivity index (χ0n) is 16.5. The van der Waals surface area contributed by atoms with Crippen molar-refractivity contribution in [2.24, 2.45) is 0 Å². The van der Waals surface area contributed by atoms with E-state index in [9.17, 15) is 0 Å². The summed E-state index contributed by atoms with van der Waals surface area (Å²) in [4.78, 5) is 12.4. The van der Waals surface area contributed by atoms with Crippen molar-refractivity contribution in [3.8, 4) is 0 Å². The smallest absolute Gasteiger partial charge is 0.0701 e. The average Bonchev–Trinajstić information content (AvgIpc) is 2.85. The summed E-state index contributed by atoms with van der Waals surface area (Å²) in [5.74, 6) is 0. The van der Waals surface area contributed by atoms with Gasteiger partial charge in [0, 0.05) is 35.6 Å². The summed E-state index contributed by atoms with van der Waals surface area (Å²) in [6, 6.07) is 34.4. The summed E-state index contributed by atoms with van der Waals surface area (Å²) in [7, 11) is 0. The molecule has 0 aliphatic heterocycles. The van der Waals surface area contributed by atoms with Crippen LogP contribution in [0.4, 0.5) is 0 Å². The van der Waals surface area contributed by atoms with Crippen LogP contribution in [0.25, 0.3) is 32.6 Å². The zero-order chi connectivity index (χ0) is 20.4. The fourth-order valence-corrected chi connectivity index (χ4v) is 3.06. The third kappa shape index (κ3) is 5.03. The fourth-order valence-electron chi connectivity index (χ4n) is 3.06. The van der Waals surface area contributed by atoms with Crippen LogP contribution in [0.5, 0.6) is 0 Å². The zero-order valence-corrected chi connectivity index (χ0v) is 16.5. The van der Waals surface area contributed by atoms with E-state index in [1.165, 1.54) is 21.5 Å². The van der Waals surface area contributed by atoms with Gasteiger partial charge in [0.1, 0.15) is 0 Å². The molecule has 0 unspecified atom stereocenters. The minimum Gasteiger partial charge on any atom is -0.264 e. The standard InChI is InChI=1S/3C9H7N/c2*1-2-6-9-8(4-1)5-3-7-10-9;1-2-4-9-7-10-6-5-8(9)3-1/h3*1-7H. The molecular weight excluding hydrogens is 366 g/mol. The summed E-state index contributed by atoms with van der Waals surface area (Å²) in [6.07, 6.45) is 7.29. The van der Waals surface area contributed by atoms with Crippen LogP contribution in [0.3, 0.4) is 0 Å². The first-order valence-corrected chi connectivity index (χ1v) is 9.78.